The van der Waals surface area contributed by atoms with Gasteiger partial charge in [-0.3, -0.25) is 4.57 Å². The zero-order valence-electron chi connectivity index (χ0n) is 12.2. The standard InChI is InChI=1S/C15H21FN4/c1-4-13-18-7-8-20(13)15-14(16)12(5-6-19-15)10-17-9-11(2)3/h5-8,11,17H,4,9-10H2,1-3H3. The van der Waals surface area contributed by atoms with Crippen LogP contribution in [0.15, 0.2) is 24.7 Å². The second-order valence-electron chi connectivity index (χ2n) is 5.20. The van der Waals surface area contributed by atoms with Gasteiger partial charge >= 0.3 is 0 Å². The number of hydrogen-bond acceptors (Lipinski definition) is 3. The quantitative estimate of drug-likeness (QED) is 0.882. The SMILES string of the molecule is CCc1nccn1-c1nccc(CNCC(C)C)c1F. The predicted molar refractivity (Wildman–Crippen MR) is 77.2 cm³/mol. The summed E-state index contributed by atoms with van der Waals surface area (Å²) < 4.78 is 16.2. The molecule has 5 heteroatoms. The number of rotatable bonds is 6. The molecule has 0 aromatic carbocycles. The molecule has 0 bridgehead atoms. The van der Waals surface area contributed by atoms with Gasteiger partial charge in [0.1, 0.15) is 5.82 Å². The van der Waals surface area contributed by atoms with E-state index in [1.165, 1.54) is 0 Å². The first-order valence-corrected chi connectivity index (χ1v) is 7.00. The molecule has 2 aromatic rings. The van der Waals surface area contributed by atoms with E-state index >= 15 is 0 Å². The van der Waals surface area contributed by atoms with Gasteiger partial charge in [0.25, 0.3) is 0 Å². The Bertz CT molecular complexity index is 563. The molecule has 0 radical (unpaired) electrons. The Morgan fingerprint density at radius 1 is 1.30 bits per heavy atom. The molecule has 0 unspecified atom stereocenters. The monoisotopic (exact) mass is 276 g/mol. The zero-order chi connectivity index (χ0) is 14.5. The van der Waals surface area contributed by atoms with Gasteiger partial charge in [0.2, 0.25) is 0 Å². The minimum atomic E-state index is -0.281. The lowest BCUT2D eigenvalue weighted by atomic mass is 10.2. The van der Waals surface area contributed by atoms with Crippen LogP contribution in [-0.4, -0.2) is 21.1 Å². The van der Waals surface area contributed by atoms with Crippen molar-refractivity contribution in [2.24, 2.45) is 5.92 Å². The molecular weight excluding hydrogens is 255 g/mol. The maximum absolute atomic E-state index is 14.5. The smallest absolute Gasteiger partial charge is 0.174 e. The van der Waals surface area contributed by atoms with Gasteiger partial charge in [-0.1, -0.05) is 20.8 Å². The Morgan fingerprint density at radius 2 is 2.10 bits per heavy atom. The Morgan fingerprint density at radius 3 is 2.80 bits per heavy atom. The topological polar surface area (TPSA) is 42.7 Å². The van der Waals surface area contributed by atoms with Gasteiger partial charge in [-0.05, 0) is 18.5 Å². The first kappa shape index (κ1) is 14.7. The second kappa shape index (κ2) is 6.61. The molecule has 2 heterocycles. The molecule has 2 rings (SSSR count). The summed E-state index contributed by atoms with van der Waals surface area (Å²) >= 11 is 0. The number of aromatic nitrogens is 3. The van der Waals surface area contributed by atoms with E-state index in [1.54, 1.807) is 29.2 Å². The Labute approximate surface area is 119 Å². The fourth-order valence-corrected chi connectivity index (χ4v) is 2.06. The van der Waals surface area contributed by atoms with Crippen molar-refractivity contribution in [3.05, 3.63) is 41.9 Å². The molecule has 0 fully saturated rings. The fraction of sp³-hybridized carbons (Fsp3) is 0.467. The maximum atomic E-state index is 14.5. The molecule has 0 aliphatic heterocycles. The molecule has 0 saturated carbocycles. The Hall–Kier alpha value is -1.75. The fourth-order valence-electron chi connectivity index (χ4n) is 2.06. The highest BCUT2D eigenvalue weighted by Gasteiger charge is 2.13. The highest BCUT2D eigenvalue weighted by Crippen LogP contribution is 2.16. The normalized spacial score (nSPS) is 11.2. The van der Waals surface area contributed by atoms with Gasteiger partial charge in [-0.15, -0.1) is 0 Å². The summed E-state index contributed by atoms with van der Waals surface area (Å²) in [5, 5.41) is 3.25. The zero-order valence-corrected chi connectivity index (χ0v) is 12.2. The summed E-state index contributed by atoms with van der Waals surface area (Å²) in [6.45, 7) is 7.61. The van der Waals surface area contributed by atoms with Crippen LogP contribution in [0.2, 0.25) is 0 Å². The summed E-state index contributed by atoms with van der Waals surface area (Å²) in [6, 6.07) is 1.72. The van der Waals surface area contributed by atoms with Crippen LogP contribution in [0, 0.1) is 11.7 Å². The van der Waals surface area contributed by atoms with E-state index in [0.717, 1.165) is 18.8 Å². The largest absolute Gasteiger partial charge is 0.312 e. The van der Waals surface area contributed by atoms with Gasteiger partial charge < -0.3 is 5.32 Å². The van der Waals surface area contributed by atoms with Crippen molar-refractivity contribution in [3.8, 4) is 5.82 Å². The van der Waals surface area contributed by atoms with E-state index in [0.29, 0.717) is 23.8 Å². The van der Waals surface area contributed by atoms with E-state index in [9.17, 15) is 4.39 Å². The average Bonchev–Trinajstić information content (AvgIpc) is 2.88. The molecule has 108 valence electrons. The minimum absolute atomic E-state index is 0.281. The van der Waals surface area contributed by atoms with Gasteiger partial charge in [0, 0.05) is 37.1 Å². The maximum Gasteiger partial charge on any atom is 0.174 e. The van der Waals surface area contributed by atoms with E-state index in [2.05, 4.69) is 29.1 Å². The van der Waals surface area contributed by atoms with Crippen LogP contribution in [0.4, 0.5) is 4.39 Å². The number of nitrogens with one attached hydrogen (secondary N) is 1. The predicted octanol–water partition coefficient (Wildman–Crippen LogP) is 2.71. The van der Waals surface area contributed by atoms with E-state index in [-0.39, 0.29) is 5.82 Å². The van der Waals surface area contributed by atoms with E-state index in [1.807, 2.05) is 6.92 Å². The second-order valence-corrected chi connectivity index (χ2v) is 5.20. The minimum Gasteiger partial charge on any atom is -0.312 e. The number of pyridine rings is 1. The van der Waals surface area contributed by atoms with Crippen molar-refractivity contribution in [1.29, 1.82) is 0 Å². The number of aryl methyl sites for hydroxylation is 1. The Balaban J connectivity index is 2.23. The number of halogens is 1. The number of hydrogen-bond donors (Lipinski definition) is 1. The lowest BCUT2D eigenvalue weighted by Crippen LogP contribution is -2.20. The van der Waals surface area contributed by atoms with Crippen LogP contribution >= 0.6 is 0 Å². The first-order chi connectivity index (χ1) is 9.63. The van der Waals surface area contributed by atoms with Crippen molar-refractivity contribution in [3.63, 3.8) is 0 Å². The molecule has 0 aliphatic rings. The van der Waals surface area contributed by atoms with Gasteiger partial charge in [0.15, 0.2) is 11.6 Å². The van der Waals surface area contributed by atoms with Crippen LogP contribution in [0.1, 0.15) is 32.2 Å². The lowest BCUT2D eigenvalue weighted by Gasteiger charge is -2.11. The highest BCUT2D eigenvalue weighted by atomic mass is 19.1. The molecular formula is C15H21FN4. The van der Waals surface area contributed by atoms with E-state index in [4.69, 9.17) is 0 Å². The van der Waals surface area contributed by atoms with Crippen LogP contribution in [0.3, 0.4) is 0 Å². The molecule has 0 spiro atoms. The molecule has 2 aromatic heterocycles. The third kappa shape index (κ3) is 3.22. The van der Waals surface area contributed by atoms with Gasteiger partial charge in [0.05, 0.1) is 0 Å². The molecule has 0 atom stereocenters. The highest BCUT2D eigenvalue weighted by molar-refractivity contribution is 5.32. The van der Waals surface area contributed by atoms with Crippen molar-refractivity contribution in [2.75, 3.05) is 6.54 Å². The average molecular weight is 276 g/mol. The number of nitrogens with zero attached hydrogens (tertiary/aromatic N) is 3. The summed E-state index contributed by atoms with van der Waals surface area (Å²) in [4.78, 5) is 8.36. The molecule has 0 saturated heterocycles. The third-order valence-corrected chi connectivity index (χ3v) is 3.08. The van der Waals surface area contributed by atoms with Crippen LogP contribution < -0.4 is 5.32 Å². The van der Waals surface area contributed by atoms with Gasteiger partial charge in [-0.25, -0.2) is 14.4 Å². The van der Waals surface area contributed by atoms with Crippen molar-refractivity contribution >= 4 is 0 Å². The van der Waals surface area contributed by atoms with Crippen molar-refractivity contribution in [1.82, 2.24) is 19.9 Å². The molecule has 20 heavy (non-hydrogen) atoms. The van der Waals surface area contributed by atoms with Crippen LogP contribution in [0.5, 0.6) is 0 Å². The Kier molecular flexibility index (Phi) is 4.84. The molecule has 1 N–H and O–H groups in total. The molecule has 4 nitrogen and oxygen atoms in total. The van der Waals surface area contributed by atoms with Crippen LogP contribution in [0.25, 0.3) is 5.82 Å². The number of imidazole rings is 1. The third-order valence-electron chi connectivity index (χ3n) is 3.08. The van der Waals surface area contributed by atoms with Crippen molar-refractivity contribution in [2.45, 2.75) is 33.7 Å². The summed E-state index contributed by atoms with van der Waals surface area (Å²) in [7, 11) is 0. The summed E-state index contributed by atoms with van der Waals surface area (Å²) in [5.74, 6) is 1.39. The van der Waals surface area contributed by atoms with E-state index < -0.39 is 0 Å². The summed E-state index contributed by atoms with van der Waals surface area (Å²) in [6.07, 6.45) is 5.80. The van der Waals surface area contributed by atoms with Crippen LogP contribution in [-0.2, 0) is 13.0 Å². The van der Waals surface area contributed by atoms with Gasteiger partial charge in [-0.2, -0.15) is 0 Å². The lowest BCUT2D eigenvalue weighted by molar-refractivity contribution is 0.530. The molecule has 0 amide bonds. The first-order valence-electron chi connectivity index (χ1n) is 7.00. The van der Waals surface area contributed by atoms with Crippen molar-refractivity contribution < 1.29 is 4.39 Å². The molecule has 0 aliphatic carbocycles. The summed E-state index contributed by atoms with van der Waals surface area (Å²) in [5.41, 5.74) is 0.631.